The minimum absolute atomic E-state index is 0.122. The molecule has 0 N–H and O–H groups in total. The zero-order valence-corrected chi connectivity index (χ0v) is 21.8. The second-order valence-electron chi connectivity index (χ2n) is 8.86. The lowest BCUT2D eigenvalue weighted by molar-refractivity contribution is -0.592. The lowest BCUT2D eigenvalue weighted by Gasteiger charge is -2.16. The van der Waals surface area contributed by atoms with Gasteiger partial charge in [-0.05, 0) is 46.3 Å². The first-order chi connectivity index (χ1) is 15.3. The van der Waals surface area contributed by atoms with E-state index in [9.17, 15) is 22.8 Å². The van der Waals surface area contributed by atoms with E-state index in [0.717, 1.165) is 25.3 Å². The number of rotatable bonds is 8. The molecule has 0 fully saturated rings. The van der Waals surface area contributed by atoms with Gasteiger partial charge in [-0.15, -0.1) is 0 Å². The van der Waals surface area contributed by atoms with Crippen LogP contribution in [0.2, 0.25) is 25.7 Å². The van der Waals surface area contributed by atoms with Gasteiger partial charge < -0.3 is 14.7 Å². The summed E-state index contributed by atoms with van der Waals surface area (Å²) in [7, 11) is -0.118. The predicted octanol–water partition coefficient (Wildman–Crippen LogP) is 5.51. The minimum atomic E-state index is -4.56. The van der Waals surface area contributed by atoms with Crippen molar-refractivity contribution in [3.05, 3.63) is 44.7 Å². The van der Waals surface area contributed by atoms with Gasteiger partial charge in [0, 0.05) is 20.7 Å². The number of alkyl halides is 3. The van der Waals surface area contributed by atoms with E-state index in [-0.39, 0.29) is 29.3 Å². The van der Waals surface area contributed by atoms with Gasteiger partial charge in [0.1, 0.15) is 10.4 Å². The van der Waals surface area contributed by atoms with Gasteiger partial charge in [-0.2, -0.15) is 23.0 Å². The molecular weight excluding hydrogens is 573 g/mol. The fourth-order valence-electron chi connectivity index (χ4n) is 3.29. The molecule has 0 aliphatic heterocycles. The standard InChI is InChI=1S/C21H24F4IN3O3Si/c1-31-19-7-13(10-21(23,24)25)14(8-16(19)22)18-9-17-15(11-29(18)30)20(26)27-28(17)12-32-5-6-33(2,3)4/h7-9,11H,5-6,10,12H2,1-4H3. The summed E-state index contributed by atoms with van der Waals surface area (Å²) >= 11 is 1.98. The molecule has 3 aromatic rings. The number of halogens is 5. The topological polar surface area (TPSA) is 63.2 Å². The van der Waals surface area contributed by atoms with E-state index >= 15 is 0 Å². The Morgan fingerprint density at radius 3 is 2.52 bits per heavy atom. The summed E-state index contributed by atoms with van der Waals surface area (Å²) in [5, 5.41) is 17.7. The molecule has 0 atom stereocenters. The average molecular weight is 597 g/mol. The largest absolute Gasteiger partial charge is 0.618 e. The van der Waals surface area contributed by atoms with Crippen LogP contribution in [0.15, 0.2) is 24.4 Å². The first-order valence-corrected chi connectivity index (χ1v) is 14.9. The van der Waals surface area contributed by atoms with Crippen molar-refractivity contribution in [1.82, 2.24) is 9.78 Å². The Morgan fingerprint density at radius 2 is 1.91 bits per heavy atom. The molecule has 6 nitrogen and oxygen atoms in total. The van der Waals surface area contributed by atoms with Crippen LogP contribution in [-0.2, 0) is 17.9 Å². The smallest absolute Gasteiger partial charge is 0.393 e. The van der Waals surface area contributed by atoms with Crippen LogP contribution in [0.25, 0.3) is 22.2 Å². The highest BCUT2D eigenvalue weighted by atomic mass is 127. The third kappa shape index (κ3) is 6.35. The summed E-state index contributed by atoms with van der Waals surface area (Å²) in [6.45, 7) is 7.37. The van der Waals surface area contributed by atoms with Gasteiger partial charge in [-0.25, -0.2) is 9.07 Å². The number of aromatic nitrogens is 3. The summed E-state index contributed by atoms with van der Waals surface area (Å²) in [5.41, 5.74) is -0.0478. The summed E-state index contributed by atoms with van der Waals surface area (Å²) < 4.78 is 67.2. The van der Waals surface area contributed by atoms with Crippen LogP contribution < -0.4 is 9.47 Å². The molecule has 0 aliphatic carbocycles. The Balaban J connectivity index is 2.06. The Hall–Kier alpha value is -1.93. The summed E-state index contributed by atoms with van der Waals surface area (Å²) in [5.74, 6) is -1.19. The van der Waals surface area contributed by atoms with Crippen molar-refractivity contribution in [2.45, 2.75) is 45.0 Å². The van der Waals surface area contributed by atoms with Crippen LogP contribution in [0.4, 0.5) is 17.6 Å². The van der Waals surface area contributed by atoms with E-state index in [1.807, 2.05) is 22.6 Å². The van der Waals surface area contributed by atoms with Gasteiger partial charge in [0.2, 0.25) is 5.69 Å². The van der Waals surface area contributed by atoms with Gasteiger partial charge in [0.25, 0.3) is 0 Å². The first kappa shape index (κ1) is 25.7. The number of hydrogen-bond acceptors (Lipinski definition) is 4. The third-order valence-corrected chi connectivity index (χ3v) is 7.50. The van der Waals surface area contributed by atoms with Crippen molar-refractivity contribution >= 4 is 41.6 Å². The number of ether oxygens (including phenoxy) is 2. The zero-order valence-electron chi connectivity index (χ0n) is 18.6. The second kappa shape index (κ2) is 9.74. The van der Waals surface area contributed by atoms with E-state index in [2.05, 4.69) is 24.7 Å². The number of nitrogens with zero attached hydrogens (tertiary/aromatic N) is 3. The molecule has 12 heteroatoms. The Labute approximate surface area is 203 Å². The first-order valence-electron chi connectivity index (χ1n) is 10.1. The van der Waals surface area contributed by atoms with Crippen molar-refractivity contribution in [2.75, 3.05) is 13.7 Å². The molecule has 180 valence electrons. The molecule has 0 spiro atoms. The van der Waals surface area contributed by atoms with Crippen LogP contribution in [0.1, 0.15) is 5.56 Å². The number of fused-ring (bicyclic) bond motifs is 1. The number of hydrogen-bond donors (Lipinski definition) is 0. The molecule has 1 aromatic carbocycles. The highest BCUT2D eigenvalue weighted by Crippen LogP contribution is 2.34. The Bertz CT molecular complexity index is 1160. The van der Waals surface area contributed by atoms with E-state index < -0.39 is 26.5 Å². The van der Waals surface area contributed by atoms with Crippen LogP contribution in [0.5, 0.6) is 5.75 Å². The highest BCUT2D eigenvalue weighted by Gasteiger charge is 2.32. The van der Waals surface area contributed by atoms with Gasteiger partial charge in [-0.1, -0.05) is 19.6 Å². The number of pyridine rings is 1. The fraction of sp³-hybridized carbons (Fsp3) is 0.429. The molecule has 3 rings (SSSR count). The molecule has 0 bridgehead atoms. The van der Waals surface area contributed by atoms with Crippen LogP contribution in [0.3, 0.4) is 0 Å². The Morgan fingerprint density at radius 1 is 1.21 bits per heavy atom. The summed E-state index contributed by atoms with van der Waals surface area (Å²) in [4.78, 5) is 0. The van der Waals surface area contributed by atoms with Gasteiger partial charge in [0.15, 0.2) is 17.8 Å². The minimum Gasteiger partial charge on any atom is -0.618 e. The highest BCUT2D eigenvalue weighted by molar-refractivity contribution is 14.1. The van der Waals surface area contributed by atoms with E-state index in [1.54, 1.807) is 4.68 Å². The van der Waals surface area contributed by atoms with Crippen molar-refractivity contribution in [3.8, 4) is 17.0 Å². The Kier molecular flexibility index (Phi) is 7.58. The quantitative estimate of drug-likeness (QED) is 0.0859. The maximum absolute atomic E-state index is 14.4. The molecule has 0 saturated heterocycles. The number of methoxy groups -OCH3 is 1. The SMILES string of the molecule is COc1cc(CC(F)(F)F)c(-c2cc3c(c[n+]2[O-])c(I)nn3COCC[Si](C)(C)C)cc1F. The maximum Gasteiger partial charge on any atom is 0.393 e. The molecular formula is C21H24F4IN3O3Si. The normalized spacial score (nSPS) is 12.5. The van der Waals surface area contributed by atoms with Crippen molar-refractivity contribution in [3.63, 3.8) is 0 Å². The third-order valence-electron chi connectivity index (χ3n) is 5.00. The maximum atomic E-state index is 14.4. The number of benzene rings is 1. The second-order valence-corrected chi connectivity index (χ2v) is 15.5. The van der Waals surface area contributed by atoms with Crippen molar-refractivity contribution < 1.29 is 31.8 Å². The van der Waals surface area contributed by atoms with Gasteiger partial charge in [0.05, 0.1) is 30.0 Å². The molecule has 33 heavy (non-hydrogen) atoms. The predicted molar refractivity (Wildman–Crippen MR) is 127 cm³/mol. The summed E-state index contributed by atoms with van der Waals surface area (Å²) in [6, 6.07) is 4.25. The lowest BCUT2D eigenvalue weighted by atomic mass is 9.99. The monoisotopic (exact) mass is 597 g/mol. The van der Waals surface area contributed by atoms with Gasteiger partial charge in [-0.3, -0.25) is 0 Å². The zero-order chi connectivity index (χ0) is 24.6. The van der Waals surface area contributed by atoms with Gasteiger partial charge >= 0.3 is 6.18 Å². The fourth-order valence-corrected chi connectivity index (χ4v) is 4.72. The molecule has 0 saturated carbocycles. The van der Waals surface area contributed by atoms with Crippen LogP contribution in [-0.4, -0.2) is 37.7 Å². The van der Waals surface area contributed by atoms with Crippen molar-refractivity contribution in [2.24, 2.45) is 0 Å². The molecule has 2 heterocycles. The molecule has 0 radical (unpaired) electrons. The van der Waals surface area contributed by atoms with Crippen LogP contribution >= 0.6 is 22.6 Å². The lowest BCUT2D eigenvalue weighted by Crippen LogP contribution is -2.29. The van der Waals surface area contributed by atoms with E-state index in [1.165, 1.54) is 12.3 Å². The van der Waals surface area contributed by atoms with Crippen molar-refractivity contribution in [1.29, 1.82) is 0 Å². The summed E-state index contributed by atoms with van der Waals surface area (Å²) in [6.07, 6.45) is -4.66. The van der Waals surface area contributed by atoms with E-state index in [4.69, 9.17) is 9.47 Å². The molecule has 0 amide bonds. The molecule has 0 aliphatic rings. The molecule has 2 aromatic heterocycles. The van der Waals surface area contributed by atoms with Crippen LogP contribution in [0, 0.1) is 14.7 Å². The molecule has 0 unspecified atom stereocenters. The average Bonchev–Trinajstić information content (AvgIpc) is 2.99. The van der Waals surface area contributed by atoms with E-state index in [0.29, 0.717) is 25.9 Å².